The van der Waals surface area contributed by atoms with Gasteiger partial charge in [-0.25, -0.2) is 19.3 Å². The van der Waals surface area contributed by atoms with Gasteiger partial charge < -0.3 is 4.74 Å². The zero-order valence-electron chi connectivity index (χ0n) is 13.3. The molecule has 0 atom stereocenters. The maximum absolute atomic E-state index is 13.4. The molecular formula is C15H7F7N4O2. The van der Waals surface area contributed by atoms with Crippen molar-refractivity contribution in [1.82, 2.24) is 19.4 Å². The van der Waals surface area contributed by atoms with Gasteiger partial charge in [0.2, 0.25) is 0 Å². The molecule has 0 aliphatic rings. The number of pyridine rings is 1. The molecule has 6 nitrogen and oxygen atoms in total. The first kappa shape index (κ1) is 19.5. The Bertz CT molecular complexity index is 1080. The van der Waals surface area contributed by atoms with Crippen LogP contribution in [0, 0.1) is 5.82 Å². The van der Waals surface area contributed by atoms with Crippen LogP contribution in [0.5, 0.6) is 6.01 Å². The van der Waals surface area contributed by atoms with Crippen molar-refractivity contribution in [2.75, 3.05) is 6.61 Å². The van der Waals surface area contributed by atoms with Gasteiger partial charge in [0, 0.05) is 24.2 Å². The van der Waals surface area contributed by atoms with Crippen molar-refractivity contribution in [1.29, 1.82) is 0 Å². The number of aromatic nitrogens is 4. The van der Waals surface area contributed by atoms with Gasteiger partial charge in [0.1, 0.15) is 11.5 Å². The predicted molar refractivity (Wildman–Crippen MR) is 79.0 cm³/mol. The van der Waals surface area contributed by atoms with Gasteiger partial charge >= 0.3 is 18.4 Å². The highest BCUT2D eigenvalue weighted by atomic mass is 19.4. The number of nitrogens with zero attached hydrogens (tertiary/aromatic N) is 4. The van der Waals surface area contributed by atoms with E-state index in [1.165, 1.54) is 0 Å². The summed E-state index contributed by atoms with van der Waals surface area (Å²) in [4.78, 5) is 22.6. The molecule has 0 amide bonds. The third-order valence-corrected chi connectivity index (χ3v) is 3.34. The fraction of sp³-hybridized carbons (Fsp3) is 0.200. The van der Waals surface area contributed by atoms with E-state index < -0.39 is 58.8 Å². The minimum Gasteiger partial charge on any atom is -0.454 e. The molecule has 0 aliphatic heterocycles. The fourth-order valence-electron chi connectivity index (χ4n) is 2.24. The van der Waals surface area contributed by atoms with E-state index in [9.17, 15) is 35.5 Å². The van der Waals surface area contributed by atoms with Crippen molar-refractivity contribution in [3.8, 4) is 17.1 Å². The molecule has 3 aromatic rings. The molecule has 0 saturated carbocycles. The van der Waals surface area contributed by atoms with E-state index >= 15 is 0 Å². The van der Waals surface area contributed by atoms with Crippen LogP contribution in [0.25, 0.3) is 16.8 Å². The molecule has 0 saturated heterocycles. The Morgan fingerprint density at radius 3 is 2.25 bits per heavy atom. The molecule has 0 unspecified atom stereocenters. The largest absolute Gasteiger partial charge is 0.454 e. The lowest BCUT2D eigenvalue weighted by molar-refractivity contribution is -0.154. The van der Waals surface area contributed by atoms with Gasteiger partial charge in [-0.15, -0.1) is 0 Å². The van der Waals surface area contributed by atoms with Gasteiger partial charge in [-0.2, -0.15) is 26.3 Å². The van der Waals surface area contributed by atoms with Crippen LogP contribution in [-0.4, -0.2) is 32.1 Å². The summed E-state index contributed by atoms with van der Waals surface area (Å²) in [7, 11) is 0. The van der Waals surface area contributed by atoms with E-state index in [1.807, 2.05) is 0 Å². The average molecular weight is 408 g/mol. The summed E-state index contributed by atoms with van der Waals surface area (Å²) in [5.74, 6) is -0.894. The zero-order valence-corrected chi connectivity index (χ0v) is 13.3. The normalized spacial score (nSPS) is 12.4. The first-order chi connectivity index (χ1) is 13.0. The zero-order chi connectivity index (χ0) is 20.7. The molecule has 28 heavy (non-hydrogen) atoms. The molecule has 0 fully saturated rings. The van der Waals surface area contributed by atoms with Crippen LogP contribution in [-0.2, 0) is 6.18 Å². The van der Waals surface area contributed by atoms with E-state index in [0.29, 0.717) is 23.0 Å². The fourth-order valence-corrected chi connectivity index (χ4v) is 2.24. The van der Waals surface area contributed by atoms with E-state index in [-0.39, 0.29) is 0 Å². The minimum absolute atomic E-state index is 0.450. The van der Waals surface area contributed by atoms with Crippen molar-refractivity contribution in [2.24, 2.45) is 0 Å². The molecule has 0 bridgehead atoms. The van der Waals surface area contributed by atoms with Crippen molar-refractivity contribution >= 4 is 5.65 Å². The Kier molecular flexibility index (Phi) is 4.69. The highest BCUT2D eigenvalue weighted by Crippen LogP contribution is 2.34. The maximum Gasteiger partial charge on any atom is 0.434 e. The minimum atomic E-state index is -5.05. The number of alkyl halides is 6. The van der Waals surface area contributed by atoms with Crippen molar-refractivity contribution < 1.29 is 35.5 Å². The van der Waals surface area contributed by atoms with Gasteiger partial charge in [0.05, 0.1) is 5.56 Å². The van der Waals surface area contributed by atoms with Gasteiger partial charge in [-0.05, 0) is 12.1 Å². The lowest BCUT2D eigenvalue weighted by Gasteiger charge is -2.13. The molecule has 148 valence electrons. The van der Waals surface area contributed by atoms with Crippen molar-refractivity contribution in [3.63, 3.8) is 0 Å². The molecule has 0 aliphatic carbocycles. The smallest absolute Gasteiger partial charge is 0.434 e. The summed E-state index contributed by atoms with van der Waals surface area (Å²) < 4.78 is 94.7. The molecule has 3 rings (SSSR count). The van der Waals surface area contributed by atoms with Crippen molar-refractivity contribution in [2.45, 2.75) is 12.4 Å². The molecule has 13 heteroatoms. The van der Waals surface area contributed by atoms with Crippen LogP contribution in [0.3, 0.4) is 0 Å². The second-order valence-corrected chi connectivity index (χ2v) is 5.37. The van der Waals surface area contributed by atoms with E-state index in [1.54, 1.807) is 0 Å². The van der Waals surface area contributed by atoms with Crippen molar-refractivity contribution in [3.05, 3.63) is 52.6 Å². The predicted octanol–water partition coefficient (Wildman–Crippen LogP) is 3.25. The van der Waals surface area contributed by atoms with Gasteiger partial charge in [0.15, 0.2) is 12.3 Å². The van der Waals surface area contributed by atoms with E-state index in [2.05, 4.69) is 19.7 Å². The average Bonchev–Trinajstić information content (AvgIpc) is 2.59. The summed E-state index contributed by atoms with van der Waals surface area (Å²) in [6, 6.07) is 0.965. The Balaban J connectivity index is 2.13. The monoisotopic (exact) mass is 408 g/mol. The molecule has 3 heterocycles. The summed E-state index contributed by atoms with van der Waals surface area (Å²) in [5, 5.41) is 0. The van der Waals surface area contributed by atoms with E-state index in [4.69, 9.17) is 0 Å². The number of halogens is 7. The van der Waals surface area contributed by atoms with Crippen LogP contribution in [0.15, 0.2) is 35.5 Å². The Labute approximate surface area is 150 Å². The second kappa shape index (κ2) is 6.73. The number of hydrogen-bond donors (Lipinski definition) is 0. The quantitative estimate of drug-likeness (QED) is 0.623. The van der Waals surface area contributed by atoms with Gasteiger partial charge in [0.25, 0.3) is 5.56 Å². The number of fused-ring (bicyclic) bond motifs is 1. The highest BCUT2D eigenvalue weighted by molar-refractivity contribution is 5.66. The first-order valence-electron chi connectivity index (χ1n) is 7.27. The Morgan fingerprint density at radius 1 is 1.04 bits per heavy atom. The second-order valence-electron chi connectivity index (χ2n) is 5.37. The first-order valence-corrected chi connectivity index (χ1v) is 7.27. The number of hydrogen-bond acceptors (Lipinski definition) is 5. The van der Waals surface area contributed by atoms with E-state index in [0.717, 1.165) is 12.1 Å². The van der Waals surface area contributed by atoms with Crippen LogP contribution in [0.2, 0.25) is 0 Å². The van der Waals surface area contributed by atoms with Crippen LogP contribution in [0.4, 0.5) is 30.7 Å². The Morgan fingerprint density at radius 2 is 1.68 bits per heavy atom. The highest BCUT2D eigenvalue weighted by Gasteiger charge is 2.38. The summed E-state index contributed by atoms with van der Waals surface area (Å²) in [6.07, 6.45) is -7.72. The standard InChI is InChI=1S/C15H7F7N4O2/c16-8-1-2-9-25-11(15(20,21)22)10(12(27)26(9)5-8)7-3-23-13(24-4-7)28-6-14(17,18)19/h1-5H,6H2. The van der Waals surface area contributed by atoms with Gasteiger partial charge in [-0.3, -0.25) is 9.20 Å². The lowest BCUT2D eigenvalue weighted by atomic mass is 10.1. The third kappa shape index (κ3) is 4.02. The lowest BCUT2D eigenvalue weighted by Crippen LogP contribution is -2.24. The molecule has 0 radical (unpaired) electrons. The maximum atomic E-state index is 13.4. The molecule has 0 aromatic carbocycles. The topological polar surface area (TPSA) is 69.4 Å². The van der Waals surface area contributed by atoms with Crippen LogP contribution >= 0.6 is 0 Å². The van der Waals surface area contributed by atoms with Crippen LogP contribution < -0.4 is 10.3 Å². The molecule has 3 aromatic heterocycles. The summed E-state index contributed by atoms with van der Waals surface area (Å²) in [5.41, 5.74) is -4.75. The number of rotatable bonds is 3. The SMILES string of the molecule is O=c1c(-c2cnc(OCC(F)(F)F)nc2)c(C(F)(F)F)nc2ccc(F)cn12. The Hall–Kier alpha value is -3.25. The molecule has 0 N–H and O–H groups in total. The summed E-state index contributed by atoms with van der Waals surface area (Å²) in [6.45, 7) is -1.71. The van der Waals surface area contributed by atoms with Gasteiger partial charge in [-0.1, -0.05) is 0 Å². The summed E-state index contributed by atoms with van der Waals surface area (Å²) >= 11 is 0. The third-order valence-electron chi connectivity index (χ3n) is 3.34. The molecule has 0 spiro atoms. The van der Waals surface area contributed by atoms with Crippen LogP contribution in [0.1, 0.15) is 5.69 Å². The number of ether oxygens (including phenoxy) is 1. The molecular weight excluding hydrogens is 401 g/mol.